The zero-order chi connectivity index (χ0) is 19.2. The number of carbonyl (C=O) groups excluding carboxylic acids is 1. The van der Waals surface area contributed by atoms with Crippen LogP contribution in [0.25, 0.3) is 0 Å². The topological polar surface area (TPSA) is 85.2 Å². The summed E-state index contributed by atoms with van der Waals surface area (Å²) < 4.78 is 26.0. The van der Waals surface area contributed by atoms with Crippen molar-refractivity contribution in [2.75, 3.05) is 17.3 Å². The van der Waals surface area contributed by atoms with E-state index in [1.807, 2.05) is 18.7 Å². The number of hydrogen-bond acceptors (Lipinski definition) is 6. The summed E-state index contributed by atoms with van der Waals surface area (Å²) in [5, 5.41) is 9.61. The van der Waals surface area contributed by atoms with Crippen molar-refractivity contribution in [3.63, 3.8) is 0 Å². The number of rotatable bonds is 8. The van der Waals surface area contributed by atoms with Gasteiger partial charge < -0.3 is 9.47 Å². The van der Waals surface area contributed by atoms with Crippen LogP contribution >= 0.6 is 11.8 Å². The quantitative estimate of drug-likeness (QED) is 0.610. The third-order valence-electron chi connectivity index (χ3n) is 5.83. The van der Waals surface area contributed by atoms with Gasteiger partial charge in [-0.1, -0.05) is 18.7 Å². The highest BCUT2D eigenvalue weighted by Gasteiger charge is 2.38. The normalized spacial score (nSPS) is 25.5. The van der Waals surface area contributed by atoms with Crippen molar-refractivity contribution in [2.45, 2.75) is 81.6 Å². The summed E-state index contributed by atoms with van der Waals surface area (Å²) in [7, 11) is -3.02. The maximum Gasteiger partial charge on any atom is 0.233 e. The fourth-order valence-corrected chi connectivity index (χ4v) is 6.48. The molecule has 1 aromatic rings. The van der Waals surface area contributed by atoms with Gasteiger partial charge >= 0.3 is 0 Å². The molecule has 0 N–H and O–H groups in total. The summed E-state index contributed by atoms with van der Waals surface area (Å²) in [6.07, 6.45) is 6.07. The van der Waals surface area contributed by atoms with Crippen LogP contribution in [-0.4, -0.2) is 63.3 Å². The molecule has 1 saturated heterocycles. The number of nitrogens with zero attached hydrogens (tertiary/aromatic N) is 4. The van der Waals surface area contributed by atoms with E-state index in [1.54, 1.807) is 0 Å². The Balaban J connectivity index is 1.46. The molecule has 7 nitrogen and oxygen atoms in total. The summed E-state index contributed by atoms with van der Waals surface area (Å²) in [4.78, 5) is 14.8. The van der Waals surface area contributed by atoms with Gasteiger partial charge in [0.1, 0.15) is 5.82 Å². The Morgan fingerprint density at radius 1 is 1.26 bits per heavy atom. The third kappa shape index (κ3) is 4.18. The molecule has 2 heterocycles. The van der Waals surface area contributed by atoms with Crippen LogP contribution in [0.3, 0.4) is 0 Å². The lowest BCUT2D eigenvalue weighted by Gasteiger charge is -2.33. The van der Waals surface area contributed by atoms with E-state index in [4.69, 9.17) is 0 Å². The molecular formula is C18H28N4O3S2. The van der Waals surface area contributed by atoms with Crippen molar-refractivity contribution in [3.05, 3.63) is 5.82 Å². The molecule has 0 bridgehead atoms. The molecule has 2 saturated carbocycles. The Morgan fingerprint density at radius 3 is 2.56 bits per heavy atom. The molecule has 4 rings (SSSR count). The predicted molar refractivity (Wildman–Crippen MR) is 105 cm³/mol. The Labute approximate surface area is 165 Å². The first-order valence-corrected chi connectivity index (χ1v) is 12.8. The molecule has 1 aromatic heterocycles. The summed E-state index contributed by atoms with van der Waals surface area (Å²) >= 11 is 1.45. The average Bonchev–Trinajstić information content (AvgIpc) is 3.56. The van der Waals surface area contributed by atoms with E-state index in [0.717, 1.165) is 30.2 Å². The van der Waals surface area contributed by atoms with Gasteiger partial charge in [0, 0.05) is 24.0 Å². The van der Waals surface area contributed by atoms with Crippen LogP contribution < -0.4 is 0 Å². The molecule has 1 amide bonds. The molecule has 27 heavy (non-hydrogen) atoms. The number of hydrogen-bond donors (Lipinski definition) is 0. The molecule has 0 unspecified atom stereocenters. The highest BCUT2D eigenvalue weighted by atomic mass is 32.2. The zero-order valence-corrected chi connectivity index (χ0v) is 17.6. The molecule has 3 fully saturated rings. The summed E-state index contributed by atoms with van der Waals surface area (Å²) in [6, 6.07) is 0.347. The van der Waals surface area contributed by atoms with Gasteiger partial charge in [-0.05, 0) is 45.4 Å². The van der Waals surface area contributed by atoms with Gasteiger partial charge in [-0.15, -0.1) is 10.2 Å². The highest BCUT2D eigenvalue weighted by molar-refractivity contribution is 7.99. The highest BCUT2D eigenvalue weighted by Crippen LogP contribution is 2.46. The first-order chi connectivity index (χ1) is 12.9. The van der Waals surface area contributed by atoms with Crippen LogP contribution in [0.4, 0.5) is 0 Å². The summed E-state index contributed by atoms with van der Waals surface area (Å²) in [5.41, 5.74) is 0. The average molecular weight is 413 g/mol. The number of aromatic nitrogens is 3. The van der Waals surface area contributed by atoms with E-state index in [2.05, 4.69) is 14.8 Å². The number of thioether (sulfide) groups is 1. The van der Waals surface area contributed by atoms with Crippen molar-refractivity contribution in [2.24, 2.45) is 0 Å². The molecule has 0 aromatic carbocycles. The molecule has 3 aliphatic rings. The maximum absolute atomic E-state index is 13.0. The van der Waals surface area contributed by atoms with Gasteiger partial charge in [-0.25, -0.2) is 8.42 Å². The van der Waals surface area contributed by atoms with Crippen LogP contribution in [-0.2, 0) is 14.6 Å². The van der Waals surface area contributed by atoms with E-state index in [9.17, 15) is 13.2 Å². The Bertz CT molecular complexity index is 815. The van der Waals surface area contributed by atoms with Gasteiger partial charge in [0.15, 0.2) is 15.0 Å². The Kier molecular flexibility index (Phi) is 5.26. The van der Waals surface area contributed by atoms with Crippen LogP contribution in [0.1, 0.15) is 70.2 Å². The SMILES string of the molecule is CC[C@@H](C)N(C(=O)CSc1nnc(C2CC2)n1C1CC1)[C@@H]1CCS(=O)(=O)C1. The lowest BCUT2D eigenvalue weighted by Crippen LogP contribution is -2.47. The molecular weight excluding hydrogens is 384 g/mol. The standard InChI is InChI=1S/C18H28N4O3S2/c1-3-12(2)21(15-8-9-27(24,25)11-15)16(23)10-26-18-20-19-17(13-4-5-13)22(18)14-6-7-14/h12-15H,3-11H2,1-2H3/t12-,15-/m1/s1. The predicted octanol–water partition coefficient (Wildman–Crippen LogP) is 2.40. The lowest BCUT2D eigenvalue weighted by atomic mass is 10.1. The van der Waals surface area contributed by atoms with Crippen LogP contribution in [0.5, 0.6) is 0 Å². The van der Waals surface area contributed by atoms with E-state index in [1.165, 1.54) is 24.6 Å². The zero-order valence-electron chi connectivity index (χ0n) is 16.0. The van der Waals surface area contributed by atoms with Crippen LogP contribution in [0, 0.1) is 0 Å². The largest absolute Gasteiger partial charge is 0.335 e. The minimum absolute atomic E-state index is 0.00905. The Hall–Kier alpha value is -1.09. The molecule has 2 aliphatic carbocycles. The monoisotopic (exact) mass is 412 g/mol. The first-order valence-electron chi connectivity index (χ1n) is 9.98. The molecule has 150 valence electrons. The van der Waals surface area contributed by atoms with Gasteiger partial charge in [-0.3, -0.25) is 4.79 Å². The number of carbonyl (C=O) groups is 1. The van der Waals surface area contributed by atoms with Crippen molar-refractivity contribution in [3.8, 4) is 0 Å². The Morgan fingerprint density at radius 2 is 2.00 bits per heavy atom. The molecule has 9 heteroatoms. The lowest BCUT2D eigenvalue weighted by molar-refractivity contribution is -0.132. The van der Waals surface area contributed by atoms with Crippen LogP contribution in [0.2, 0.25) is 0 Å². The molecule has 0 radical (unpaired) electrons. The van der Waals surface area contributed by atoms with E-state index in [-0.39, 0.29) is 35.2 Å². The summed E-state index contributed by atoms with van der Waals surface area (Å²) in [5.74, 6) is 2.21. The van der Waals surface area contributed by atoms with E-state index >= 15 is 0 Å². The minimum atomic E-state index is -3.02. The van der Waals surface area contributed by atoms with Crippen LogP contribution in [0.15, 0.2) is 5.16 Å². The fourth-order valence-electron chi connectivity index (χ4n) is 3.88. The van der Waals surface area contributed by atoms with Gasteiger partial charge in [-0.2, -0.15) is 0 Å². The molecule has 1 aliphatic heterocycles. The smallest absolute Gasteiger partial charge is 0.233 e. The fraction of sp³-hybridized carbons (Fsp3) is 0.833. The van der Waals surface area contributed by atoms with Gasteiger partial charge in [0.05, 0.1) is 17.3 Å². The minimum Gasteiger partial charge on any atom is -0.335 e. The van der Waals surface area contributed by atoms with E-state index < -0.39 is 9.84 Å². The van der Waals surface area contributed by atoms with Crippen molar-refractivity contribution < 1.29 is 13.2 Å². The first kappa shape index (κ1) is 19.2. The molecule has 2 atom stereocenters. The van der Waals surface area contributed by atoms with Gasteiger partial charge in [0.25, 0.3) is 0 Å². The third-order valence-corrected chi connectivity index (χ3v) is 8.50. The maximum atomic E-state index is 13.0. The second kappa shape index (κ2) is 7.39. The number of amides is 1. The number of sulfone groups is 1. The second-order valence-electron chi connectivity index (χ2n) is 8.12. The van der Waals surface area contributed by atoms with Gasteiger partial charge in [0.2, 0.25) is 5.91 Å². The summed E-state index contributed by atoms with van der Waals surface area (Å²) in [6.45, 7) is 4.04. The van der Waals surface area contributed by atoms with Crippen molar-refractivity contribution in [1.29, 1.82) is 0 Å². The van der Waals surface area contributed by atoms with Crippen molar-refractivity contribution in [1.82, 2.24) is 19.7 Å². The molecule has 0 spiro atoms. The second-order valence-corrected chi connectivity index (χ2v) is 11.3. The van der Waals surface area contributed by atoms with E-state index in [0.29, 0.717) is 18.4 Å². The van der Waals surface area contributed by atoms with Crippen molar-refractivity contribution >= 4 is 27.5 Å².